The van der Waals surface area contributed by atoms with Gasteiger partial charge in [-0.2, -0.15) is 0 Å². The van der Waals surface area contributed by atoms with Crippen molar-refractivity contribution in [1.82, 2.24) is 9.80 Å². The van der Waals surface area contributed by atoms with E-state index in [1.54, 1.807) is 13.2 Å². The summed E-state index contributed by atoms with van der Waals surface area (Å²) in [4.78, 5) is 7.63. The fourth-order valence-electron chi connectivity index (χ4n) is 4.50. The van der Waals surface area contributed by atoms with Crippen molar-refractivity contribution in [2.75, 3.05) is 51.3 Å². The van der Waals surface area contributed by atoms with Crippen molar-refractivity contribution in [3.8, 4) is 11.5 Å². The Morgan fingerprint density at radius 3 is 2.43 bits per heavy atom. The first-order valence-corrected chi connectivity index (χ1v) is 10.4. The highest BCUT2D eigenvalue weighted by molar-refractivity contribution is 5.49. The maximum atomic E-state index is 10.1. The number of nitrogens with zero attached hydrogens (tertiary/aromatic N) is 3. The van der Waals surface area contributed by atoms with E-state index >= 15 is 0 Å². The second-order valence-electron chi connectivity index (χ2n) is 7.88. The summed E-state index contributed by atoms with van der Waals surface area (Å²) < 4.78 is 5.27. The fourth-order valence-corrected chi connectivity index (χ4v) is 4.50. The summed E-state index contributed by atoms with van der Waals surface area (Å²) >= 11 is 0. The molecule has 2 fully saturated rings. The molecule has 0 saturated carbocycles. The van der Waals surface area contributed by atoms with E-state index in [-0.39, 0.29) is 0 Å². The Bertz CT molecular complexity index is 757. The third-order valence-electron chi connectivity index (χ3n) is 6.13. The van der Waals surface area contributed by atoms with E-state index in [0.29, 0.717) is 11.8 Å². The number of piperidine rings is 1. The number of hydrogen-bond donors (Lipinski definition) is 1. The van der Waals surface area contributed by atoms with Gasteiger partial charge in [0.1, 0.15) is 11.5 Å². The molecule has 150 valence electrons. The van der Waals surface area contributed by atoms with Crippen LogP contribution in [0.2, 0.25) is 0 Å². The number of piperazine rings is 1. The summed E-state index contributed by atoms with van der Waals surface area (Å²) in [5.74, 6) is 1.33. The summed E-state index contributed by atoms with van der Waals surface area (Å²) in [6.45, 7) is 7.43. The molecule has 4 rings (SSSR count). The van der Waals surface area contributed by atoms with Crippen molar-refractivity contribution < 1.29 is 9.84 Å². The molecule has 0 spiro atoms. The van der Waals surface area contributed by atoms with Gasteiger partial charge in [0.2, 0.25) is 0 Å². The Balaban J connectivity index is 1.31. The number of anilines is 1. The highest BCUT2D eigenvalue weighted by Gasteiger charge is 2.28. The average molecular weight is 382 g/mol. The Labute approximate surface area is 168 Å². The van der Waals surface area contributed by atoms with Crippen LogP contribution in [-0.2, 0) is 6.54 Å². The van der Waals surface area contributed by atoms with Crippen molar-refractivity contribution in [2.24, 2.45) is 0 Å². The van der Waals surface area contributed by atoms with Crippen molar-refractivity contribution in [3.05, 3.63) is 54.1 Å². The molecule has 2 aliphatic rings. The van der Waals surface area contributed by atoms with Gasteiger partial charge >= 0.3 is 0 Å². The number of likely N-dealkylation sites (tertiary alicyclic amines) is 1. The van der Waals surface area contributed by atoms with Crippen LogP contribution in [0.25, 0.3) is 0 Å². The highest BCUT2D eigenvalue weighted by atomic mass is 16.5. The average Bonchev–Trinajstić information content (AvgIpc) is 2.76. The molecule has 2 aliphatic heterocycles. The van der Waals surface area contributed by atoms with Crippen LogP contribution in [0.1, 0.15) is 18.4 Å². The Morgan fingerprint density at radius 1 is 0.964 bits per heavy atom. The second kappa shape index (κ2) is 8.84. The maximum absolute atomic E-state index is 10.1. The zero-order valence-corrected chi connectivity index (χ0v) is 16.8. The van der Waals surface area contributed by atoms with E-state index in [1.165, 1.54) is 18.5 Å². The molecule has 0 bridgehead atoms. The lowest BCUT2D eigenvalue weighted by Crippen LogP contribution is -2.55. The number of phenols is 1. The van der Waals surface area contributed by atoms with E-state index < -0.39 is 0 Å². The minimum Gasteiger partial charge on any atom is -0.508 e. The highest BCUT2D eigenvalue weighted by Crippen LogP contribution is 2.25. The molecule has 1 unspecified atom stereocenters. The Hall–Kier alpha value is -2.24. The Kier molecular flexibility index (Phi) is 6.03. The molecular weight excluding hydrogens is 350 g/mol. The molecule has 0 radical (unpaired) electrons. The normalized spacial score (nSPS) is 21.6. The molecule has 0 amide bonds. The van der Waals surface area contributed by atoms with Gasteiger partial charge in [0, 0.05) is 56.6 Å². The van der Waals surface area contributed by atoms with Crippen LogP contribution in [-0.4, -0.2) is 67.3 Å². The van der Waals surface area contributed by atoms with Crippen molar-refractivity contribution in [2.45, 2.75) is 25.4 Å². The van der Waals surface area contributed by atoms with E-state index in [4.69, 9.17) is 4.74 Å². The van der Waals surface area contributed by atoms with Crippen LogP contribution < -0.4 is 9.64 Å². The van der Waals surface area contributed by atoms with E-state index in [2.05, 4.69) is 26.8 Å². The standard InChI is InChI=1S/C23H31N3O2/c1-28-22-10-8-20(9-11-22)25-13-15-26(16-14-25)21-6-4-12-24(18-21)17-19-5-2-3-7-23(19)27/h2-3,5,7-11,21,27H,4,6,12-18H2,1H3. The number of phenolic OH excluding ortho intramolecular Hbond substituents is 1. The van der Waals surface area contributed by atoms with Crippen LogP contribution >= 0.6 is 0 Å². The number of ether oxygens (including phenoxy) is 1. The number of aromatic hydroxyl groups is 1. The lowest BCUT2D eigenvalue weighted by Gasteiger charge is -2.44. The summed E-state index contributed by atoms with van der Waals surface area (Å²) in [5.41, 5.74) is 2.32. The van der Waals surface area contributed by atoms with Crippen molar-refractivity contribution in [1.29, 1.82) is 0 Å². The first kappa shape index (κ1) is 19.1. The first-order valence-electron chi connectivity index (χ1n) is 10.4. The smallest absolute Gasteiger partial charge is 0.120 e. The monoisotopic (exact) mass is 381 g/mol. The molecule has 2 aromatic rings. The lowest BCUT2D eigenvalue weighted by atomic mass is 10.0. The van der Waals surface area contributed by atoms with Crippen LogP contribution in [0, 0.1) is 0 Å². The number of methoxy groups -OCH3 is 1. The summed E-state index contributed by atoms with van der Waals surface area (Å²) in [6.07, 6.45) is 2.51. The predicted octanol–water partition coefficient (Wildman–Crippen LogP) is 3.19. The van der Waals surface area contributed by atoms with Crippen molar-refractivity contribution in [3.63, 3.8) is 0 Å². The summed E-state index contributed by atoms with van der Waals surface area (Å²) in [5, 5.41) is 10.1. The van der Waals surface area contributed by atoms with Crippen LogP contribution in [0.5, 0.6) is 11.5 Å². The van der Waals surface area contributed by atoms with Crippen LogP contribution in [0.3, 0.4) is 0 Å². The van der Waals surface area contributed by atoms with Crippen LogP contribution in [0.4, 0.5) is 5.69 Å². The molecule has 28 heavy (non-hydrogen) atoms. The topological polar surface area (TPSA) is 39.2 Å². The molecule has 2 heterocycles. The van der Waals surface area contributed by atoms with Gasteiger partial charge in [-0.1, -0.05) is 18.2 Å². The molecule has 5 nitrogen and oxygen atoms in total. The maximum Gasteiger partial charge on any atom is 0.120 e. The fraction of sp³-hybridized carbons (Fsp3) is 0.478. The number of hydrogen-bond acceptors (Lipinski definition) is 5. The van der Waals surface area contributed by atoms with E-state index in [9.17, 15) is 5.11 Å². The number of rotatable bonds is 5. The van der Waals surface area contributed by atoms with Gasteiger partial charge in [-0.05, 0) is 49.7 Å². The molecule has 1 N–H and O–H groups in total. The van der Waals surface area contributed by atoms with Gasteiger partial charge in [-0.15, -0.1) is 0 Å². The first-order chi connectivity index (χ1) is 13.7. The molecule has 2 aromatic carbocycles. The summed E-state index contributed by atoms with van der Waals surface area (Å²) in [6, 6.07) is 16.7. The Morgan fingerprint density at radius 2 is 1.71 bits per heavy atom. The van der Waals surface area contributed by atoms with E-state index in [0.717, 1.165) is 57.1 Å². The van der Waals surface area contributed by atoms with Crippen molar-refractivity contribution >= 4 is 5.69 Å². The third kappa shape index (κ3) is 4.42. The third-order valence-corrected chi connectivity index (χ3v) is 6.13. The minimum absolute atomic E-state index is 0.415. The predicted molar refractivity (Wildman–Crippen MR) is 113 cm³/mol. The molecule has 1 atom stereocenters. The SMILES string of the molecule is COc1ccc(N2CCN(C3CCCN(Cc4ccccc4O)C3)CC2)cc1. The quantitative estimate of drug-likeness (QED) is 0.861. The van der Waals surface area contributed by atoms with E-state index in [1.807, 2.05) is 30.3 Å². The second-order valence-corrected chi connectivity index (χ2v) is 7.88. The van der Waals surface area contributed by atoms with Gasteiger partial charge in [0.05, 0.1) is 7.11 Å². The van der Waals surface area contributed by atoms with Gasteiger partial charge in [0.15, 0.2) is 0 Å². The molecule has 0 aromatic heterocycles. The zero-order valence-electron chi connectivity index (χ0n) is 16.8. The van der Waals surface area contributed by atoms with Gasteiger partial charge in [0.25, 0.3) is 0 Å². The zero-order chi connectivity index (χ0) is 19.3. The molecule has 0 aliphatic carbocycles. The number of para-hydroxylation sites is 1. The largest absolute Gasteiger partial charge is 0.508 e. The minimum atomic E-state index is 0.415. The van der Waals surface area contributed by atoms with Gasteiger partial charge in [-0.3, -0.25) is 9.80 Å². The van der Waals surface area contributed by atoms with Gasteiger partial charge in [-0.25, -0.2) is 0 Å². The van der Waals surface area contributed by atoms with Gasteiger partial charge < -0.3 is 14.7 Å². The summed E-state index contributed by atoms with van der Waals surface area (Å²) in [7, 11) is 1.71. The number of benzene rings is 2. The molecule has 2 saturated heterocycles. The molecule has 5 heteroatoms. The van der Waals surface area contributed by atoms with Crippen LogP contribution in [0.15, 0.2) is 48.5 Å². The lowest BCUT2D eigenvalue weighted by molar-refractivity contribution is 0.0883. The molecular formula is C23H31N3O2.